The van der Waals surface area contributed by atoms with E-state index in [-0.39, 0.29) is 25.9 Å². The van der Waals surface area contributed by atoms with Crippen LogP contribution >= 0.6 is 0 Å². The standard InChI is InChI=1S/C16H28O2.Mg.2H/c1-3-4-5-6-7-8-9-10-11-12-13-14-15-18-16-17-2;;;/h4-5,7-8,12-13H,3,6,9-11,14-16H2,1-2H3;;;/q;+2;2*-1/b5-4-,8-7-,13-12+;;;. The fourth-order valence-electron chi connectivity index (χ4n) is 1.44. The Morgan fingerprint density at radius 3 is 2.21 bits per heavy atom. The number of rotatable bonds is 12. The van der Waals surface area contributed by atoms with E-state index in [1.54, 1.807) is 7.11 Å². The Morgan fingerprint density at radius 2 is 1.53 bits per heavy atom. The number of ether oxygens (including phenoxy) is 2. The number of hydrogen-bond donors (Lipinski definition) is 0. The molecular formula is C16H30MgO2. The van der Waals surface area contributed by atoms with E-state index in [2.05, 4.69) is 43.4 Å². The Labute approximate surface area is 138 Å². The third-order valence-corrected chi connectivity index (χ3v) is 2.38. The molecule has 0 N–H and O–H groups in total. The zero-order chi connectivity index (χ0) is 13.3. The van der Waals surface area contributed by atoms with E-state index < -0.39 is 0 Å². The normalized spacial score (nSPS) is 11.7. The number of allylic oxidation sites excluding steroid dienone is 5. The largest absolute Gasteiger partial charge is 2.00 e. The van der Waals surface area contributed by atoms with E-state index in [0.717, 1.165) is 32.3 Å². The van der Waals surface area contributed by atoms with Crippen molar-refractivity contribution in [2.75, 3.05) is 20.5 Å². The van der Waals surface area contributed by atoms with Crippen molar-refractivity contribution >= 4 is 23.1 Å². The second-order valence-electron chi connectivity index (χ2n) is 4.09. The summed E-state index contributed by atoms with van der Waals surface area (Å²) in [4.78, 5) is 0. The first-order valence-corrected chi connectivity index (χ1v) is 6.93. The van der Waals surface area contributed by atoms with Gasteiger partial charge in [-0.1, -0.05) is 43.4 Å². The van der Waals surface area contributed by atoms with Crippen LogP contribution in [0.1, 0.15) is 48.3 Å². The van der Waals surface area contributed by atoms with Crippen LogP contribution < -0.4 is 0 Å². The Hall–Kier alpha value is -0.0938. The molecule has 3 heteroatoms. The maximum absolute atomic E-state index is 5.18. The van der Waals surface area contributed by atoms with Gasteiger partial charge < -0.3 is 12.3 Å². The molecular weight excluding hydrogens is 248 g/mol. The minimum absolute atomic E-state index is 0. The van der Waals surface area contributed by atoms with Gasteiger partial charge in [0.25, 0.3) is 0 Å². The summed E-state index contributed by atoms with van der Waals surface area (Å²) in [6.45, 7) is 3.30. The molecule has 0 unspecified atom stereocenters. The van der Waals surface area contributed by atoms with Crippen LogP contribution in [0.2, 0.25) is 0 Å². The molecule has 0 rings (SSSR count). The molecule has 19 heavy (non-hydrogen) atoms. The first kappa shape index (κ1) is 21.2. The zero-order valence-corrected chi connectivity index (χ0v) is 14.1. The second-order valence-corrected chi connectivity index (χ2v) is 4.09. The van der Waals surface area contributed by atoms with Crippen LogP contribution in [-0.2, 0) is 9.47 Å². The van der Waals surface area contributed by atoms with Gasteiger partial charge in [-0.25, -0.2) is 0 Å². The Bertz CT molecular complexity index is 244. The van der Waals surface area contributed by atoms with E-state index >= 15 is 0 Å². The number of unbranched alkanes of at least 4 members (excludes halogenated alkanes) is 2. The van der Waals surface area contributed by atoms with Gasteiger partial charge in [0, 0.05) is 7.11 Å². The fraction of sp³-hybridized carbons (Fsp3) is 0.625. The van der Waals surface area contributed by atoms with Crippen LogP contribution in [0.5, 0.6) is 0 Å². The average molecular weight is 279 g/mol. The van der Waals surface area contributed by atoms with Crippen LogP contribution in [0, 0.1) is 0 Å². The quantitative estimate of drug-likeness (QED) is 0.227. The summed E-state index contributed by atoms with van der Waals surface area (Å²) in [6.07, 6.45) is 20.1. The first-order valence-electron chi connectivity index (χ1n) is 6.93. The molecule has 0 aliphatic carbocycles. The molecule has 0 aliphatic rings. The van der Waals surface area contributed by atoms with Crippen LogP contribution in [0.15, 0.2) is 36.5 Å². The summed E-state index contributed by atoms with van der Waals surface area (Å²) >= 11 is 0. The van der Waals surface area contributed by atoms with Crippen molar-refractivity contribution in [1.82, 2.24) is 0 Å². The van der Waals surface area contributed by atoms with Crippen LogP contribution in [0.4, 0.5) is 0 Å². The summed E-state index contributed by atoms with van der Waals surface area (Å²) in [7, 11) is 1.64. The predicted octanol–water partition coefficient (Wildman–Crippen LogP) is 4.48. The molecule has 0 spiro atoms. The van der Waals surface area contributed by atoms with E-state index in [1.807, 2.05) is 0 Å². The minimum atomic E-state index is 0. The van der Waals surface area contributed by atoms with Gasteiger partial charge in [0.15, 0.2) is 0 Å². The van der Waals surface area contributed by atoms with E-state index in [0.29, 0.717) is 6.79 Å². The maximum Gasteiger partial charge on any atom is 2.00 e. The van der Waals surface area contributed by atoms with Crippen molar-refractivity contribution in [2.45, 2.75) is 45.4 Å². The maximum atomic E-state index is 5.18. The molecule has 0 saturated heterocycles. The van der Waals surface area contributed by atoms with E-state index in [1.165, 1.54) is 12.8 Å². The summed E-state index contributed by atoms with van der Waals surface area (Å²) in [5, 5.41) is 0. The molecule has 0 bridgehead atoms. The van der Waals surface area contributed by atoms with Gasteiger partial charge >= 0.3 is 23.1 Å². The Balaban J connectivity index is -0.000000482. The van der Waals surface area contributed by atoms with Crippen molar-refractivity contribution in [3.63, 3.8) is 0 Å². The van der Waals surface area contributed by atoms with Gasteiger partial charge in [-0.15, -0.1) is 0 Å². The van der Waals surface area contributed by atoms with Crippen molar-refractivity contribution in [3.8, 4) is 0 Å². The summed E-state index contributed by atoms with van der Waals surface area (Å²) in [5.74, 6) is 0. The SMILES string of the molecule is CC/C=C\C/C=C\CCC/C=C/CCOCOC.[H-].[H-].[Mg+2]. The second kappa shape index (κ2) is 20.2. The van der Waals surface area contributed by atoms with Crippen molar-refractivity contribution < 1.29 is 12.3 Å². The van der Waals surface area contributed by atoms with Gasteiger partial charge in [-0.2, -0.15) is 0 Å². The monoisotopic (exact) mass is 278 g/mol. The Kier molecular flexibility index (Phi) is 22.6. The summed E-state index contributed by atoms with van der Waals surface area (Å²) in [5.41, 5.74) is 0. The number of methoxy groups -OCH3 is 1. The van der Waals surface area contributed by atoms with Crippen molar-refractivity contribution in [2.24, 2.45) is 0 Å². The summed E-state index contributed by atoms with van der Waals surface area (Å²) in [6, 6.07) is 0. The topological polar surface area (TPSA) is 18.5 Å². The van der Waals surface area contributed by atoms with Crippen LogP contribution in [-0.4, -0.2) is 43.6 Å². The summed E-state index contributed by atoms with van der Waals surface area (Å²) < 4.78 is 9.97. The van der Waals surface area contributed by atoms with Crippen molar-refractivity contribution in [1.29, 1.82) is 0 Å². The molecule has 0 fully saturated rings. The molecule has 0 radical (unpaired) electrons. The molecule has 0 heterocycles. The van der Waals surface area contributed by atoms with Gasteiger partial charge in [0.05, 0.1) is 6.61 Å². The molecule has 0 saturated carbocycles. The van der Waals surface area contributed by atoms with E-state index in [9.17, 15) is 0 Å². The molecule has 108 valence electrons. The average Bonchev–Trinajstić information content (AvgIpc) is 2.39. The van der Waals surface area contributed by atoms with Crippen LogP contribution in [0.3, 0.4) is 0 Å². The van der Waals surface area contributed by atoms with Crippen molar-refractivity contribution in [3.05, 3.63) is 36.5 Å². The third kappa shape index (κ3) is 20.4. The first-order chi connectivity index (χ1) is 8.91. The van der Waals surface area contributed by atoms with Gasteiger partial charge in [0.2, 0.25) is 0 Å². The minimum Gasteiger partial charge on any atom is -1.00 e. The van der Waals surface area contributed by atoms with Crippen LogP contribution in [0.25, 0.3) is 0 Å². The third-order valence-electron chi connectivity index (χ3n) is 2.38. The molecule has 0 aromatic carbocycles. The van der Waals surface area contributed by atoms with E-state index in [4.69, 9.17) is 9.47 Å². The smallest absolute Gasteiger partial charge is 1.00 e. The molecule has 0 atom stereocenters. The molecule has 0 aromatic heterocycles. The molecule has 0 amide bonds. The molecule has 2 nitrogen and oxygen atoms in total. The molecule has 0 aliphatic heterocycles. The predicted molar refractivity (Wildman–Crippen MR) is 86.6 cm³/mol. The number of hydrogen-bond acceptors (Lipinski definition) is 2. The fourth-order valence-corrected chi connectivity index (χ4v) is 1.44. The van der Waals surface area contributed by atoms with Gasteiger partial charge in [-0.05, 0) is 38.5 Å². The molecule has 0 aromatic rings. The van der Waals surface area contributed by atoms with Gasteiger partial charge in [-0.3, -0.25) is 0 Å². The zero-order valence-electron chi connectivity index (χ0n) is 14.6. The van der Waals surface area contributed by atoms with Gasteiger partial charge in [0.1, 0.15) is 6.79 Å². The Morgan fingerprint density at radius 1 is 0.895 bits per heavy atom.